The summed E-state index contributed by atoms with van der Waals surface area (Å²) in [6, 6.07) is 7.34. The zero-order valence-corrected chi connectivity index (χ0v) is 12.8. The molecular weight excluding hydrogens is 324 g/mol. The van der Waals surface area contributed by atoms with Crippen LogP contribution in [0.3, 0.4) is 0 Å². The third kappa shape index (κ3) is 3.24. The summed E-state index contributed by atoms with van der Waals surface area (Å²) in [6.07, 6.45) is 0. The molecule has 3 N–H and O–H groups in total. The summed E-state index contributed by atoms with van der Waals surface area (Å²) < 4.78 is 11.2. The van der Waals surface area contributed by atoms with Crippen LogP contribution in [0, 0.1) is 0 Å². The van der Waals surface area contributed by atoms with Crippen LogP contribution in [-0.2, 0) is 11.3 Å². The molecule has 1 heterocycles. The van der Waals surface area contributed by atoms with Crippen LogP contribution in [0.1, 0.15) is 5.69 Å². The third-order valence-electron chi connectivity index (χ3n) is 2.63. The van der Waals surface area contributed by atoms with Gasteiger partial charge in [-0.05, 0) is 18.2 Å². The molecule has 7 heteroatoms. The van der Waals surface area contributed by atoms with Crippen molar-refractivity contribution in [2.75, 3.05) is 19.6 Å². The maximum atomic E-state index is 5.44. The first-order valence-electron chi connectivity index (χ1n) is 5.85. The molecule has 2 rings (SSSR count). The summed E-state index contributed by atoms with van der Waals surface area (Å²) in [4.78, 5) is 8.81. The highest BCUT2D eigenvalue weighted by atomic mass is 79.9. The highest BCUT2D eigenvalue weighted by molar-refractivity contribution is 9.10. The van der Waals surface area contributed by atoms with Gasteiger partial charge in [-0.25, -0.2) is 15.8 Å². The molecule has 6 nitrogen and oxygen atoms in total. The first kappa shape index (κ1) is 14.7. The maximum absolute atomic E-state index is 5.44. The molecule has 0 aliphatic rings. The van der Waals surface area contributed by atoms with Crippen LogP contribution in [0.25, 0.3) is 11.4 Å². The van der Waals surface area contributed by atoms with Crippen LogP contribution in [-0.4, -0.2) is 24.2 Å². The molecule has 106 valence electrons. The number of methoxy groups -OCH3 is 2. The molecule has 0 saturated heterocycles. The number of nitrogens with one attached hydrogen (secondary N) is 1. The summed E-state index contributed by atoms with van der Waals surface area (Å²) in [5.74, 6) is 7.23. The number of nitrogen functional groups attached to an aromatic ring is 1. The molecule has 0 bridgehead atoms. The Labute approximate surface area is 125 Å². The van der Waals surface area contributed by atoms with Gasteiger partial charge in [-0.2, -0.15) is 0 Å². The van der Waals surface area contributed by atoms with Gasteiger partial charge in [-0.1, -0.05) is 15.9 Å². The SMILES string of the molecule is COCc1cc(NN)nc(-c2cc(OC)ccc2Br)n1. The van der Waals surface area contributed by atoms with E-state index >= 15 is 0 Å². The van der Waals surface area contributed by atoms with Crippen LogP contribution >= 0.6 is 15.9 Å². The number of nitrogens with zero attached hydrogens (tertiary/aromatic N) is 2. The number of hydrazine groups is 1. The smallest absolute Gasteiger partial charge is 0.163 e. The monoisotopic (exact) mass is 338 g/mol. The van der Waals surface area contributed by atoms with Crippen molar-refractivity contribution in [2.24, 2.45) is 5.84 Å². The molecule has 0 aliphatic heterocycles. The zero-order valence-electron chi connectivity index (χ0n) is 11.2. The molecule has 2 aromatic rings. The van der Waals surface area contributed by atoms with Gasteiger partial charge < -0.3 is 14.9 Å². The Morgan fingerprint density at radius 2 is 2.05 bits per heavy atom. The Morgan fingerprint density at radius 1 is 1.25 bits per heavy atom. The lowest BCUT2D eigenvalue weighted by Crippen LogP contribution is -2.11. The normalized spacial score (nSPS) is 10.4. The van der Waals surface area contributed by atoms with Gasteiger partial charge in [0.15, 0.2) is 5.82 Å². The fourth-order valence-corrected chi connectivity index (χ4v) is 2.14. The average molecular weight is 339 g/mol. The second-order valence-electron chi connectivity index (χ2n) is 3.99. The number of hydrogen-bond donors (Lipinski definition) is 2. The number of benzene rings is 1. The lowest BCUT2D eigenvalue weighted by atomic mass is 10.2. The summed E-state index contributed by atoms with van der Waals surface area (Å²) in [5.41, 5.74) is 4.09. The summed E-state index contributed by atoms with van der Waals surface area (Å²) in [7, 11) is 3.22. The maximum Gasteiger partial charge on any atom is 0.163 e. The molecule has 0 aliphatic carbocycles. The molecule has 20 heavy (non-hydrogen) atoms. The van der Waals surface area contributed by atoms with Crippen molar-refractivity contribution in [3.8, 4) is 17.1 Å². The largest absolute Gasteiger partial charge is 0.497 e. The molecular formula is C13H15BrN4O2. The molecule has 0 atom stereocenters. The van der Waals surface area contributed by atoms with Gasteiger partial charge in [0.05, 0.1) is 19.4 Å². The van der Waals surface area contributed by atoms with E-state index in [1.807, 2.05) is 18.2 Å². The minimum absolute atomic E-state index is 0.381. The topological polar surface area (TPSA) is 82.3 Å². The number of ether oxygens (including phenoxy) is 2. The number of anilines is 1. The van der Waals surface area contributed by atoms with E-state index in [0.717, 1.165) is 21.5 Å². The molecule has 0 unspecified atom stereocenters. The standard InChI is InChI=1S/C13H15BrN4O2/c1-19-7-8-5-12(18-15)17-13(16-8)10-6-9(20-2)3-4-11(10)14/h3-6H,7,15H2,1-2H3,(H,16,17,18). The van der Waals surface area contributed by atoms with E-state index in [2.05, 4.69) is 31.3 Å². The third-order valence-corrected chi connectivity index (χ3v) is 3.33. The molecule has 1 aromatic heterocycles. The van der Waals surface area contributed by atoms with Crippen molar-refractivity contribution < 1.29 is 9.47 Å². The average Bonchev–Trinajstić information content (AvgIpc) is 2.47. The van der Waals surface area contributed by atoms with Crippen molar-refractivity contribution in [3.05, 3.63) is 34.4 Å². The fourth-order valence-electron chi connectivity index (χ4n) is 1.72. The molecule has 0 spiro atoms. The van der Waals surface area contributed by atoms with Gasteiger partial charge in [0.1, 0.15) is 11.6 Å². The second-order valence-corrected chi connectivity index (χ2v) is 4.85. The van der Waals surface area contributed by atoms with Crippen molar-refractivity contribution in [1.82, 2.24) is 9.97 Å². The lowest BCUT2D eigenvalue weighted by molar-refractivity contribution is 0.181. The Kier molecular flexibility index (Phi) is 4.89. The first-order chi connectivity index (χ1) is 9.67. The summed E-state index contributed by atoms with van der Waals surface area (Å²) in [6.45, 7) is 0.381. The van der Waals surface area contributed by atoms with Crippen LogP contribution in [0.2, 0.25) is 0 Å². The quantitative estimate of drug-likeness (QED) is 0.643. The number of nitrogens with two attached hydrogens (primary N) is 1. The molecule has 0 radical (unpaired) electrons. The van der Waals surface area contributed by atoms with Crippen molar-refractivity contribution >= 4 is 21.7 Å². The van der Waals surface area contributed by atoms with E-state index in [9.17, 15) is 0 Å². The highest BCUT2D eigenvalue weighted by Gasteiger charge is 2.11. The van der Waals surface area contributed by atoms with Gasteiger partial charge in [-0.3, -0.25) is 0 Å². The minimum atomic E-state index is 0.381. The van der Waals surface area contributed by atoms with Gasteiger partial charge >= 0.3 is 0 Å². The first-order valence-corrected chi connectivity index (χ1v) is 6.64. The van der Waals surface area contributed by atoms with Gasteiger partial charge in [0.25, 0.3) is 0 Å². The van der Waals surface area contributed by atoms with E-state index < -0.39 is 0 Å². The van der Waals surface area contributed by atoms with Gasteiger partial charge in [0, 0.05) is 23.2 Å². The van der Waals surface area contributed by atoms with E-state index in [-0.39, 0.29) is 0 Å². The Bertz CT molecular complexity index is 607. The Hall–Kier alpha value is -1.70. The lowest BCUT2D eigenvalue weighted by Gasteiger charge is -2.10. The predicted molar refractivity (Wildman–Crippen MR) is 80.2 cm³/mol. The van der Waals surface area contributed by atoms with Gasteiger partial charge in [0.2, 0.25) is 0 Å². The van der Waals surface area contributed by atoms with Crippen LogP contribution in [0.15, 0.2) is 28.7 Å². The minimum Gasteiger partial charge on any atom is -0.497 e. The number of aromatic nitrogens is 2. The molecule has 1 aromatic carbocycles. The van der Waals surface area contributed by atoms with Crippen molar-refractivity contribution in [2.45, 2.75) is 6.61 Å². The van der Waals surface area contributed by atoms with E-state index in [1.54, 1.807) is 20.3 Å². The number of halogens is 1. The summed E-state index contributed by atoms with van der Waals surface area (Å²) >= 11 is 3.49. The fraction of sp³-hybridized carbons (Fsp3) is 0.231. The van der Waals surface area contributed by atoms with E-state index in [4.69, 9.17) is 15.3 Å². The van der Waals surface area contributed by atoms with Crippen LogP contribution in [0.5, 0.6) is 5.75 Å². The molecule has 0 fully saturated rings. The van der Waals surface area contributed by atoms with E-state index in [0.29, 0.717) is 18.2 Å². The molecule has 0 saturated carbocycles. The Balaban J connectivity index is 2.53. The molecule has 0 amide bonds. The van der Waals surface area contributed by atoms with Crippen LogP contribution in [0.4, 0.5) is 5.82 Å². The van der Waals surface area contributed by atoms with E-state index in [1.165, 1.54) is 0 Å². The van der Waals surface area contributed by atoms with Gasteiger partial charge in [-0.15, -0.1) is 0 Å². The number of rotatable bonds is 5. The second kappa shape index (κ2) is 6.65. The summed E-state index contributed by atoms with van der Waals surface area (Å²) in [5, 5.41) is 0. The van der Waals surface area contributed by atoms with Crippen molar-refractivity contribution in [3.63, 3.8) is 0 Å². The Morgan fingerprint density at radius 3 is 2.70 bits per heavy atom. The zero-order chi connectivity index (χ0) is 14.5. The number of hydrogen-bond acceptors (Lipinski definition) is 6. The van der Waals surface area contributed by atoms with Crippen LogP contribution < -0.4 is 16.0 Å². The predicted octanol–water partition coefficient (Wildman–Crippen LogP) is 2.35. The van der Waals surface area contributed by atoms with Crippen molar-refractivity contribution in [1.29, 1.82) is 0 Å². The highest BCUT2D eigenvalue weighted by Crippen LogP contribution is 2.30.